The van der Waals surface area contributed by atoms with E-state index in [1.807, 2.05) is 31.2 Å². The number of halogens is 1. The lowest BCUT2D eigenvalue weighted by molar-refractivity contribution is 0.101. The van der Waals surface area contributed by atoms with E-state index in [1.165, 1.54) is 6.33 Å². The quantitative estimate of drug-likeness (QED) is 0.805. The third kappa shape index (κ3) is 3.15. The highest BCUT2D eigenvalue weighted by molar-refractivity contribution is 6.30. The average molecular weight is 313 g/mol. The molecule has 3 aromatic rings. The Balaban J connectivity index is 1.78. The van der Waals surface area contributed by atoms with E-state index < -0.39 is 0 Å². The lowest BCUT2D eigenvalue weighted by atomic mass is 10.2. The highest BCUT2D eigenvalue weighted by Gasteiger charge is 2.12. The molecule has 0 unspecified atom stereocenters. The minimum absolute atomic E-state index is 0.0977. The van der Waals surface area contributed by atoms with E-state index in [0.29, 0.717) is 10.7 Å². The number of hydrogen-bond acceptors (Lipinski definition) is 3. The van der Waals surface area contributed by atoms with Gasteiger partial charge in [-0.25, -0.2) is 9.67 Å². The van der Waals surface area contributed by atoms with Crippen molar-refractivity contribution in [1.29, 1.82) is 0 Å². The van der Waals surface area contributed by atoms with Crippen LogP contribution in [0.2, 0.25) is 5.02 Å². The van der Waals surface area contributed by atoms with Crippen LogP contribution in [0.4, 0.5) is 5.69 Å². The summed E-state index contributed by atoms with van der Waals surface area (Å²) in [6, 6.07) is 14.7. The number of aryl methyl sites for hydroxylation is 1. The van der Waals surface area contributed by atoms with Gasteiger partial charge in [0.1, 0.15) is 6.33 Å². The Morgan fingerprint density at radius 1 is 1.18 bits per heavy atom. The summed E-state index contributed by atoms with van der Waals surface area (Å²) in [5.41, 5.74) is 2.60. The molecule has 0 radical (unpaired) electrons. The van der Waals surface area contributed by atoms with Crippen LogP contribution in [0.3, 0.4) is 0 Å². The van der Waals surface area contributed by atoms with E-state index in [1.54, 1.807) is 28.9 Å². The molecule has 6 heteroatoms. The van der Waals surface area contributed by atoms with Crippen molar-refractivity contribution in [3.8, 4) is 5.69 Å². The normalized spacial score (nSPS) is 10.5. The van der Waals surface area contributed by atoms with Gasteiger partial charge in [0.2, 0.25) is 5.82 Å². The van der Waals surface area contributed by atoms with Crippen LogP contribution >= 0.6 is 11.6 Å². The van der Waals surface area contributed by atoms with Gasteiger partial charge in [0.15, 0.2) is 0 Å². The number of amides is 1. The lowest BCUT2D eigenvalue weighted by Crippen LogP contribution is -2.14. The van der Waals surface area contributed by atoms with Gasteiger partial charge in [-0.2, -0.15) is 0 Å². The lowest BCUT2D eigenvalue weighted by Gasteiger charge is -2.03. The number of carbonyl (C=O) groups is 1. The van der Waals surface area contributed by atoms with Crippen LogP contribution in [0.15, 0.2) is 54.9 Å². The summed E-state index contributed by atoms with van der Waals surface area (Å²) in [7, 11) is 0. The fraction of sp³-hybridized carbons (Fsp3) is 0.0625. The molecule has 1 aromatic heterocycles. The first-order valence-electron chi connectivity index (χ1n) is 6.67. The Bertz CT molecular complexity index is 811. The fourth-order valence-electron chi connectivity index (χ4n) is 1.94. The second kappa shape index (κ2) is 5.99. The summed E-state index contributed by atoms with van der Waals surface area (Å²) in [6.07, 6.45) is 1.51. The van der Waals surface area contributed by atoms with E-state index >= 15 is 0 Å². The van der Waals surface area contributed by atoms with E-state index in [4.69, 9.17) is 11.6 Å². The molecule has 0 aliphatic heterocycles. The SMILES string of the molecule is Cc1ccc(-n2cnc(C(=O)Nc3cccc(Cl)c3)n2)cc1. The molecule has 0 aliphatic carbocycles. The molecular weight excluding hydrogens is 300 g/mol. The standard InChI is InChI=1S/C16H13ClN4O/c1-11-5-7-14(8-6-11)21-10-18-15(20-21)16(22)19-13-4-2-3-12(17)9-13/h2-10H,1H3,(H,19,22). The summed E-state index contributed by atoms with van der Waals surface area (Å²) in [5, 5.41) is 7.45. The van der Waals surface area contributed by atoms with Crippen molar-refractivity contribution in [3.05, 3.63) is 71.3 Å². The van der Waals surface area contributed by atoms with Crippen LogP contribution in [0, 0.1) is 6.92 Å². The van der Waals surface area contributed by atoms with Crippen molar-refractivity contribution >= 4 is 23.2 Å². The fourth-order valence-corrected chi connectivity index (χ4v) is 2.13. The van der Waals surface area contributed by atoms with Crippen molar-refractivity contribution in [2.45, 2.75) is 6.92 Å². The molecule has 0 bridgehead atoms. The van der Waals surface area contributed by atoms with Crippen molar-refractivity contribution < 1.29 is 4.79 Å². The summed E-state index contributed by atoms with van der Waals surface area (Å²) in [6.45, 7) is 2.01. The first-order chi connectivity index (χ1) is 10.6. The van der Waals surface area contributed by atoms with Gasteiger partial charge >= 0.3 is 0 Å². The number of anilines is 1. The highest BCUT2D eigenvalue weighted by atomic mass is 35.5. The van der Waals surface area contributed by atoms with Crippen LogP contribution < -0.4 is 5.32 Å². The van der Waals surface area contributed by atoms with E-state index in [0.717, 1.165) is 11.3 Å². The maximum Gasteiger partial charge on any atom is 0.295 e. The molecule has 0 atom stereocenters. The van der Waals surface area contributed by atoms with Crippen LogP contribution in [0.25, 0.3) is 5.69 Å². The van der Waals surface area contributed by atoms with Gasteiger partial charge in [0.25, 0.3) is 5.91 Å². The predicted molar refractivity (Wildman–Crippen MR) is 85.5 cm³/mol. The Labute approximate surface area is 132 Å². The molecule has 3 rings (SSSR count). The molecule has 5 nitrogen and oxygen atoms in total. The Morgan fingerprint density at radius 3 is 2.68 bits per heavy atom. The molecule has 0 saturated carbocycles. The third-order valence-corrected chi connectivity index (χ3v) is 3.31. The Hall–Kier alpha value is -2.66. The molecule has 0 aliphatic rings. The number of nitrogens with zero attached hydrogens (tertiary/aromatic N) is 3. The zero-order valence-electron chi connectivity index (χ0n) is 11.8. The second-order valence-corrected chi connectivity index (χ2v) is 5.25. The van der Waals surface area contributed by atoms with Gasteiger partial charge in [-0.05, 0) is 37.3 Å². The molecule has 2 aromatic carbocycles. The van der Waals surface area contributed by atoms with Crippen molar-refractivity contribution in [2.75, 3.05) is 5.32 Å². The van der Waals surface area contributed by atoms with Crippen molar-refractivity contribution in [1.82, 2.24) is 14.8 Å². The van der Waals surface area contributed by atoms with E-state index in [-0.39, 0.29) is 11.7 Å². The maximum atomic E-state index is 12.1. The zero-order chi connectivity index (χ0) is 15.5. The molecule has 0 fully saturated rings. The van der Waals surface area contributed by atoms with Crippen LogP contribution in [0.5, 0.6) is 0 Å². The summed E-state index contributed by atoms with van der Waals surface area (Å²) in [4.78, 5) is 16.2. The van der Waals surface area contributed by atoms with Crippen LogP contribution in [-0.2, 0) is 0 Å². The molecule has 110 valence electrons. The van der Waals surface area contributed by atoms with Gasteiger partial charge in [-0.1, -0.05) is 35.4 Å². The zero-order valence-corrected chi connectivity index (χ0v) is 12.6. The van der Waals surface area contributed by atoms with Crippen molar-refractivity contribution in [3.63, 3.8) is 0 Å². The predicted octanol–water partition coefficient (Wildman–Crippen LogP) is 3.48. The molecule has 0 saturated heterocycles. The number of nitrogens with one attached hydrogen (secondary N) is 1. The smallest absolute Gasteiger partial charge is 0.295 e. The third-order valence-electron chi connectivity index (χ3n) is 3.08. The molecule has 0 spiro atoms. The first-order valence-corrected chi connectivity index (χ1v) is 7.05. The minimum Gasteiger partial charge on any atom is -0.319 e. The number of hydrogen-bond donors (Lipinski definition) is 1. The largest absolute Gasteiger partial charge is 0.319 e. The number of aromatic nitrogens is 3. The van der Waals surface area contributed by atoms with Gasteiger partial charge in [0, 0.05) is 10.7 Å². The van der Waals surface area contributed by atoms with Crippen molar-refractivity contribution in [2.24, 2.45) is 0 Å². The molecule has 1 amide bonds. The Kier molecular flexibility index (Phi) is 3.89. The number of carbonyl (C=O) groups excluding carboxylic acids is 1. The first kappa shape index (κ1) is 14.3. The van der Waals surface area contributed by atoms with E-state index in [2.05, 4.69) is 15.4 Å². The molecule has 1 N–H and O–H groups in total. The van der Waals surface area contributed by atoms with Gasteiger partial charge in [0.05, 0.1) is 5.69 Å². The summed E-state index contributed by atoms with van der Waals surface area (Å²) in [5.74, 6) is -0.284. The molecule has 22 heavy (non-hydrogen) atoms. The van der Waals surface area contributed by atoms with Crippen LogP contribution in [0.1, 0.15) is 16.2 Å². The van der Waals surface area contributed by atoms with Gasteiger partial charge in [-0.15, -0.1) is 5.10 Å². The minimum atomic E-state index is -0.381. The molecule has 1 heterocycles. The summed E-state index contributed by atoms with van der Waals surface area (Å²) >= 11 is 5.88. The van der Waals surface area contributed by atoms with Gasteiger partial charge in [-0.3, -0.25) is 4.79 Å². The van der Waals surface area contributed by atoms with E-state index in [9.17, 15) is 4.79 Å². The highest BCUT2D eigenvalue weighted by Crippen LogP contribution is 2.15. The second-order valence-electron chi connectivity index (χ2n) is 4.81. The maximum absolute atomic E-state index is 12.1. The topological polar surface area (TPSA) is 59.8 Å². The monoisotopic (exact) mass is 312 g/mol. The van der Waals surface area contributed by atoms with Gasteiger partial charge < -0.3 is 5.32 Å². The number of benzene rings is 2. The molecular formula is C16H13ClN4O. The summed E-state index contributed by atoms with van der Waals surface area (Å²) < 4.78 is 1.56. The Morgan fingerprint density at radius 2 is 1.95 bits per heavy atom. The van der Waals surface area contributed by atoms with Crippen LogP contribution in [-0.4, -0.2) is 20.7 Å². The number of rotatable bonds is 3. The average Bonchev–Trinajstić information content (AvgIpc) is 2.98.